The summed E-state index contributed by atoms with van der Waals surface area (Å²) in [4.78, 5) is 23.7. The molecule has 0 saturated carbocycles. The third-order valence-corrected chi connectivity index (χ3v) is 3.65. The molecule has 6 heteroatoms. The second kappa shape index (κ2) is 10.9. The molecule has 0 unspecified atom stereocenters. The van der Waals surface area contributed by atoms with Gasteiger partial charge in [0.25, 0.3) is 0 Å². The summed E-state index contributed by atoms with van der Waals surface area (Å²) in [6.07, 6.45) is 0.0172. The van der Waals surface area contributed by atoms with E-state index in [1.165, 1.54) is 7.11 Å². The van der Waals surface area contributed by atoms with Crippen LogP contribution in [0, 0.1) is 0 Å². The van der Waals surface area contributed by atoms with E-state index < -0.39 is 18.1 Å². The SMILES string of the molecule is COC(=O)[C@H](COCCc1ccccc1)NC(=O)OCc1ccccc1. The highest BCUT2D eigenvalue weighted by molar-refractivity contribution is 5.81. The zero-order chi connectivity index (χ0) is 18.6. The van der Waals surface area contributed by atoms with E-state index in [2.05, 4.69) is 5.32 Å². The van der Waals surface area contributed by atoms with Crippen molar-refractivity contribution in [2.45, 2.75) is 19.1 Å². The highest BCUT2D eigenvalue weighted by Gasteiger charge is 2.22. The van der Waals surface area contributed by atoms with Crippen LogP contribution in [0.1, 0.15) is 11.1 Å². The molecule has 0 spiro atoms. The van der Waals surface area contributed by atoms with E-state index in [1.54, 1.807) is 0 Å². The highest BCUT2D eigenvalue weighted by Crippen LogP contribution is 2.02. The number of carbonyl (C=O) groups is 2. The number of alkyl carbamates (subject to hydrolysis) is 1. The maximum Gasteiger partial charge on any atom is 0.408 e. The minimum absolute atomic E-state index is 0.0138. The molecule has 2 aromatic rings. The van der Waals surface area contributed by atoms with Crippen molar-refractivity contribution in [1.82, 2.24) is 5.32 Å². The van der Waals surface area contributed by atoms with Gasteiger partial charge in [0.2, 0.25) is 0 Å². The average molecular weight is 357 g/mol. The van der Waals surface area contributed by atoms with Gasteiger partial charge < -0.3 is 19.5 Å². The van der Waals surface area contributed by atoms with Gasteiger partial charge in [-0.15, -0.1) is 0 Å². The first-order chi connectivity index (χ1) is 12.7. The fourth-order valence-corrected chi connectivity index (χ4v) is 2.25. The van der Waals surface area contributed by atoms with Gasteiger partial charge in [0.15, 0.2) is 6.04 Å². The number of benzene rings is 2. The van der Waals surface area contributed by atoms with Gasteiger partial charge in [-0.05, 0) is 17.5 Å². The molecule has 0 fully saturated rings. The molecule has 138 valence electrons. The summed E-state index contributed by atoms with van der Waals surface area (Å²) in [6.45, 7) is 0.563. The summed E-state index contributed by atoms with van der Waals surface area (Å²) in [5.41, 5.74) is 1.99. The fraction of sp³-hybridized carbons (Fsp3) is 0.300. The summed E-state index contributed by atoms with van der Waals surface area (Å²) >= 11 is 0. The van der Waals surface area contributed by atoms with Gasteiger partial charge in [0.1, 0.15) is 6.61 Å². The van der Waals surface area contributed by atoms with Crippen molar-refractivity contribution in [2.24, 2.45) is 0 Å². The molecule has 0 aliphatic rings. The van der Waals surface area contributed by atoms with Crippen molar-refractivity contribution in [1.29, 1.82) is 0 Å². The first-order valence-corrected chi connectivity index (χ1v) is 8.35. The van der Waals surface area contributed by atoms with Crippen LogP contribution in [0.3, 0.4) is 0 Å². The van der Waals surface area contributed by atoms with E-state index >= 15 is 0 Å². The van der Waals surface area contributed by atoms with Crippen LogP contribution >= 0.6 is 0 Å². The monoisotopic (exact) mass is 357 g/mol. The normalized spacial score (nSPS) is 11.4. The number of hydrogen-bond donors (Lipinski definition) is 1. The van der Waals surface area contributed by atoms with Crippen LogP contribution in [0.15, 0.2) is 60.7 Å². The van der Waals surface area contributed by atoms with Crippen molar-refractivity contribution in [2.75, 3.05) is 20.3 Å². The number of rotatable bonds is 9. The highest BCUT2D eigenvalue weighted by atomic mass is 16.6. The van der Waals surface area contributed by atoms with Gasteiger partial charge in [-0.1, -0.05) is 60.7 Å². The molecule has 0 bridgehead atoms. The first-order valence-electron chi connectivity index (χ1n) is 8.35. The molecule has 26 heavy (non-hydrogen) atoms. The quantitative estimate of drug-likeness (QED) is 0.552. The summed E-state index contributed by atoms with van der Waals surface area (Å²) in [7, 11) is 1.26. The lowest BCUT2D eigenvalue weighted by atomic mass is 10.2. The number of hydrogen-bond acceptors (Lipinski definition) is 5. The average Bonchev–Trinajstić information content (AvgIpc) is 2.69. The minimum Gasteiger partial charge on any atom is -0.467 e. The molecular weight excluding hydrogens is 334 g/mol. The molecule has 1 amide bonds. The Balaban J connectivity index is 1.75. The summed E-state index contributed by atoms with van der Waals surface area (Å²) in [5, 5.41) is 2.48. The molecule has 0 heterocycles. The van der Waals surface area contributed by atoms with Crippen molar-refractivity contribution >= 4 is 12.1 Å². The minimum atomic E-state index is -0.918. The lowest BCUT2D eigenvalue weighted by Crippen LogP contribution is -2.45. The number of ether oxygens (including phenoxy) is 3. The van der Waals surface area contributed by atoms with Crippen LogP contribution in [0.4, 0.5) is 4.79 Å². The Kier molecular flexibility index (Phi) is 8.15. The van der Waals surface area contributed by atoms with Crippen LogP contribution in [0.25, 0.3) is 0 Å². The van der Waals surface area contributed by atoms with E-state index in [1.807, 2.05) is 60.7 Å². The van der Waals surface area contributed by atoms with Crippen molar-refractivity contribution < 1.29 is 23.8 Å². The largest absolute Gasteiger partial charge is 0.467 e. The Hall–Kier alpha value is -2.86. The lowest BCUT2D eigenvalue weighted by molar-refractivity contribution is -0.144. The molecule has 1 N–H and O–H groups in total. The van der Waals surface area contributed by atoms with Gasteiger partial charge in [-0.25, -0.2) is 9.59 Å². The fourth-order valence-electron chi connectivity index (χ4n) is 2.25. The smallest absolute Gasteiger partial charge is 0.408 e. The van der Waals surface area contributed by atoms with Crippen molar-refractivity contribution in [3.63, 3.8) is 0 Å². The van der Waals surface area contributed by atoms with Crippen molar-refractivity contribution in [3.8, 4) is 0 Å². The van der Waals surface area contributed by atoms with E-state index in [0.29, 0.717) is 13.0 Å². The summed E-state index contributed by atoms with van der Waals surface area (Å²) < 4.78 is 15.3. The van der Waals surface area contributed by atoms with E-state index in [0.717, 1.165) is 11.1 Å². The molecule has 0 radical (unpaired) electrons. The van der Waals surface area contributed by atoms with Crippen LogP contribution in [-0.4, -0.2) is 38.4 Å². The van der Waals surface area contributed by atoms with Gasteiger partial charge in [0, 0.05) is 0 Å². The number of amides is 1. The maximum atomic E-state index is 11.9. The second-order valence-electron chi connectivity index (χ2n) is 5.59. The molecule has 0 saturated heterocycles. The zero-order valence-electron chi connectivity index (χ0n) is 14.7. The predicted octanol–water partition coefficient (Wildman–Crippen LogP) is 2.71. The van der Waals surface area contributed by atoms with Gasteiger partial charge in [-0.2, -0.15) is 0 Å². The first kappa shape index (κ1) is 19.5. The molecule has 6 nitrogen and oxygen atoms in total. The third kappa shape index (κ3) is 6.94. The maximum absolute atomic E-state index is 11.9. The van der Waals surface area contributed by atoms with Crippen molar-refractivity contribution in [3.05, 3.63) is 71.8 Å². The number of methoxy groups -OCH3 is 1. The lowest BCUT2D eigenvalue weighted by Gasteiger charge is -2.16. The molecule has 2 rings (SSSR count). The molecule has 0 aliphatic heterocycles. The second-order valence-corrected chi connectivity index (χ2v) is 5.59. The number of esters is 1. The Morgan fingerprint density at radius 1 is 0.962 bits per heavy atom. The standard InChI is InChI=1S/C20H23NO5/c1-24-19(22)18(15-25-13-12-16-8-4-2-5-9-16)21-20(23)26-14-17-10-6-3-7-11-17/h2-11,18H,12-15H2,1H3,(H,21,23)/t18-/m0/s1. The Morgan fingerprint density at radius 2 is 1.58 bits per heavy atom. The van der Waals surface area contributed by atoms with Crippen LogP contribution in [-0.2, 0) is 32.0 Å². The van der Waals surface area contributed by atoms with E-state index in [9.17, 15) is 9.59 Å². The van der Waals surface area contributed by atoms with E-state index in [4.69, 9.17) is 14.2 Å². The molecular formula is C20H23NO5. The summed E-state index contributed by atoms with van der Waals surface area (Å²) in [5.74, 6) is -0.582. The topological polar surface area (TPSA) is 73.9 Å². The van der Waals surface area contributed by atoms with Gasteiger partial charge >= 0.3 is 12.1 Å². The predicted molar refractivity (Wildman–Crippen MR) is 96.5 cm³/mol. The zero-order valence-corrected chi connectivity index (χ0v) is 14.7. The Bertz CT molecular complexity index is 675. The third-order valence-electron chi connectivity index (χ3n) is 3.65. The molecule has 2 aromatic carbocycles. The van der Waals surface area contributed by atoms with Gasteiger partial charge in [0.05, 0.1) is 20.3 Å². The van der Waals surface area contributed by atoms with Crippen LogP contribution in [0.5, 0.6) is 0 Å². The number of nitrogens with one attached hydrogen (secondary N) is 1. The van der Waals surface area contributed by atoms with Crippen LogP contribution < -0.4 is 5.32 Å². The summed E-state index contributed by atoms with van der Waals surface area (Å²) in [6, 6.07) is 18.2. The molecule has 0 aromatic heterocycles. The molecule has 0 aliphatic carbocycles. The number of carbonyl (C=O) groups excluding carboxylic acids is 2. The molecule has 1 atom stereocenters. The Morgan fingerprint density at radius 3 is 2.19 bits per heavy atom. The van der Waals surface area contributed by atoms with E-state index in [-0.39, 0.29) is 13.2 Å². The van der Waals surface area contributed by atoms with Gasteiger partial charge in [-0.3, -0.25) is 0 Å². The Labute approximate surface area is 153 Å². The van der Waals surface area contributed by atoms with Crippen LogP contribution in [0.2, 0.25) is 0 Å².